The maximum absolute atomic E-state index is 12.6. The second-order valence-corrected chi connectivity index (χ2v) is 8.49. The fraction of sp³-hybridized carbons (Fsp3) is 0.619. The Morgan fingerprint density at radius 1 is 0.871 bits per heavy atom. The summed E-state index contributed by atoms with van der Waals surface area (Å²) in [7, 11) is 3.73. The van der Waals surface area contributed by atoms with Crippen molar-refractivity contribution < 1.29 is 9.59 Å². The van der Waals surface area contributed by atoms with Gasteiger partial charge in [-0.25, -0.2) is 0 Å². The maximum Gasteiger partial charge on any atom is 0.238 e. The molecule has 170 valence electrons. The normalized spacial score (nSPS) is 17.7. The Bertz CT molecular complexity index is 977. The quantitative estimate of drug-likeness (QED) is 0.708. The van der Waals surface area contributed by atoms with Crippen molar-refractivity contribution in [2.45, 2.75) is 40.7 Å². The third-order valence-electron chi connectivity index (χ3n) is 6.11. The summed E-state index contributed by atoms with van der Waals surface area (Å²) in [5.41, 5.74) is 5.09. The zero-order valence-electron chi connectivity index (χ0n) is 19.6. The summed E-state index contributed by atoms with van der Waals surface area (Å²) < 4.78 is 3.54. The van der Waals surface area contributed by atoms with Crippen LogP contribution in [0.1, 0.15) is 29.7 Å². The van der Waals surface area contributed by atoms with Gasteiger partial charge in [0.2, 0.25) is 11.8 Å². The Kier molecular flexibility index (Phi) is 6.80. The molecule has 10 heteroatoms. The molecule has 0 aromatic carbocycles. The van der Waals surface area contributed by atoms with Gasteiger partial charge in [0.25, 0.3) is 0 Å². The van der Waals surface area contributed by atoms with Gasteiger partial charge in [0.1, 0.15) is 0 Å². The van der Waals surface area contributed by atoms with Gasteiger partial charge in [-0.15, -0.1) is 0 Å². The van der Waals surface area contributed by atoms with Gasteiger partial charge in [0.05, 0.1) is 47.2 Å². The van der Waals surface area contributed by atoms with Crippen LogP contribution in [0.25, 0.3) is 0 Å². The molecular weight excluding hydrogens is 396 g/mol. The van der Waals surface area contributed by atoms with Crippen molar-refractivity contribution >= 4 is 23.2 Å². The van der Waals surface area contributed by atoms with Crippen molar-refractivity contribution in [3.63, 3.8) is 0 Å². The minimum atomic E-state index is -0.0419. The van der Waals surface area contributed by atoms with Gasteiger partial charge in [-0.3, -0.25) is 28.8 Å². The molecule has 10 nitrogen and oxygen atoms in total. The van der Waals surface area contributed by atoms with E-state index in [-0.39, 0.29) is 17.9 Å². The average Bonchev–Trinajstić information content (AvgIpc) is 3.07. The molecule has 0 aliphatic carbocycles. The number of nitrogens with zero attached hydrogens (tertiary/aromatic N) is 6. The molecule has 1 atom stereocenters. The van der Waals surface area contributed by atoms with Gasteiger partial charge in [0.15, 0.2) is 0 Å². The van der Waals surface area contributed by atoms with Crippen molar-refractivity contribution in [2.24, 2.45) is 14.1 Å². The van der Waals surface area contributed by atoms with Crippen LogP contribution in [0.15, 0.2) is 0 Å². The maximum atomic E-state index is 12.6. The van der Waals surface area contributed by atoms with Crippen molar-refractivity contribution in [1.29, 1.82) is 0 Å². The standard InChI is InChI=1S/C21H34N8O2/c1-13-10-28(11-18(30)22-20-14(2)24-26(6)16(20)4)8-9-29(13)12-19(31)23-21-15(3)25-27(7)17(21)5/h13H,8-12H2,1-7H3,(H,22,30)(H,23,31). The van der Waals surface area contributed by atoms with Crippen LogP contribution in [0.3, 0.4) is 0 Å². The molecule has 0 spiro atoms. The van der Waals surface area contributed by atoms with E-state index in [1.807, 2.05) is 41.8 Å². The Morgan fingerprint density at radius 3 is 1.77 bits per heavy atom. The molecule has 1 fully saturated rings. The minimum Gasteiger partial charge on any atom is -0.322 e. The summed E-state index contributed by atoms with van der Waals surface area (Å²) in [6, 6.07) is 0.172. The lowest BCUT2D eigenvalue weighted by Gasteiger charge is -2.39. The third kappa shape index (κ3) is 5.13. The van der Waals surface area contributed by atoms with Gasteiger partial charge in [-0.1, -0.05) is 0 Å². The predicted molar refractivity (Wildman–Crippen MR) is 120 cm³/mol. The van der Waals surface area contributed by atoms with E-state index in [0.717, 1.165) is 53.8 Å². The number of carbonyl (C=O) groups is 2. The number of amides is 2. The second-order valence-electron chi connectivity index (χ2n) is 8.49. The fourth-order valence-corrected chi connectivity index (χ4v) is 4.10. The smallest absolute Gasteiger partial charge is 0.238 e. The molecule has 3 heterocycles. The number of nitrogens with one attached hydrogen (secondary N) is 2. The van der Waals surface area contributed by atoms with E-state index >= 15 is 0 Å². The molecule has 1 aliphatic rings. The van der Waals surface area contributed by atoms with E-state index in [2.05, 4.69) is 37.6 Å². The van der Waals surface area contributed by atoms with Crippen molar-refractivity contribution in [3.05, 3.63) is 22.8 Å². The molecule has 2 amide bonds. The third-order valence-corrected chi connectivity index (χ3v) is 6.11. The first kappa shape index (κ1) is 23.0. The van der Waals surface area contributed by atoms with Crippen LogP contribution in [0, 0.1) is 27.7 Å². The number of aryl methyl sites for hydroxylation is 4. The predicted octanol–water partition coefficient (Wildman–Crippen LogP) is 0.971. The molecule has 31 heavy (non-hydrogen) atoms. The highest BCUT2D eigenvalue weighted by molar-refractivity contribution is 5.94. The Morgan fingerprint density at radius 2 is 1.35 bits per heavy atom. The van der Waals surface area contributed by atoms with Gasteiger partial charge >= 0.3 is 0 Å². The summed E-state index contributed by atoms with van der Waals surface area (Å²) in [6.45, 7) is 12.6. The molecule has 1 aliphatic heterocycles. The molecule has 2 aromatic heterocycles. The van der Waals surface area contributed by atoms with Gasteiger partial charge in [0, 0.05) is 39.8 Å². The summed E-state index contributed by atoms with van der Waals surface area (Å²) in [5.74, 6) is -0.0834. The zero-order valence-corrected chi connectivity index (χ0v) is 19.6. The SMILES string of the molecule is Cc1nn(C)c(C)c1NC(=O)CN1CCN(CC(=O)Nc2c(C)nn(C)c2C)C(C)C1. The van der Waals surface area contributed by atoms with Crippen LogP contribution in [0.5, 0.6) is 0 Å². The number of carbonyl (C=O) groups excluding carboxylic acids is 2. The van der Waals surface area contributed by atoms with E-state index in [1.165, 1.54) is 0 Å². The van der Waals surface area contributed by atoms with Crippen molar-refractivity contribution in [2.75, 3.05) is 43.4 Å². The molecule has 1 unspecified atom stereocenters. The highest BCUT2D eigenvalue weighted by atomic mass is 16.2. The van der Waals surface area contributed by atoms with Crippen LogP contribution < -0.4 is 10.6 Å². The first-order valence-corrected chi connectivity index (χ1v) is 10.6. The Hall–Kier alpha value is -2.72. The van der Waals surface area contributed by atoms with Crippen LogP contribution in [-0.2, 0) is 23.7 Å². The van der Waals surface area contributed by atoms with E-state index in [0.29, 0.717) is 13.1 Å². The summed E-state index contributed by atoms with van der Waals surface area (Å²) >= 11 is 0. The van der Waals surface area contributed by atoms with Gasteiger partial charge < -0.3 is 10.6 Å². The largest absolute Gasteiger partial charge is 0.322 e. The topological polar surface area (TPSA) is 100 Å². The lowest BCUT2D eigenvalue weighted by Crippen LogP contribution is -2.55. The molecule has 0 bridgehead atoms. The zero-order chi connectivity index (χ0) is 22.9. The second kappa shape index (κ2) is 9.19. The summed E-state index contributed by atoms with van der Waals surface area (Å²) in [5, 5.41) is 14.7. The van der Waals surface area contributed by atoms with Crippen molar-refractivity contribution in [3.8, 4) is 0 Å². The van der Waals surface area contributed by atoms with Crippen LogP contribution in [-0.4, -0.2) is 79.9 Å². The molecule has 0 radical (unpaired) electrons. The molecule has 3 rings (SSSR count). The van der Waals surface area contributed by atoms with Crippen LogP contribution in [0.4, 0.5) is 11.4 Å². The van der Waals surface area contributed by atoms with Gasteiger partial charge in [-0.05, 0) is 34.6 Å². The van der Waals surface area contributed by atoms with Crippen LogP contribution in [0.2, 0.25) is 0 Å². The lowest BCUT2D eigenvalue weighted by molar-refractivity contribution is -0.120. The summed E-state index contributed by atoms with van der Waals surface area (Å²) in [6.07, 6.45) is 0. The fourth-order valence-electron chi connectivity index (χ4n) is 4.10. The van der Waals surface area contributed by atoms with E-state index in [4.69, 9.17) is 0 Å². The number of rotatable bonds is 6. The Labute approximate surface area is 183 Å². The van der Waals surface area contributed by atoms with E-state index < -0.39 is 0 Å². The van der Waals surface area contributed by atoms with E-state index in [9.17, 15) is 9.59 Å². The molecule has 2 N–H and O–H groups in total. The molecule has 2 aromatic rings. The first-order chi connectivity index (χ1) is 14.6. The first-order valence-electron chi connectivity index (χ1n) is 10.6. The number of hydrogen-bond donors (Lipinski definition) is 2. The van der Waals surface area contributed by atoms with Crippen molar-refractivity contribution in [1.82, 2.24) is 29.4 Å². The minimum absolute atomic E-state index is 0.0416. The molecule has 1 saturated heterocycles. The highest BCUT2D eigenvalue weighted by Crippen LogP contribution is 2.20. The van der Waals surface area contributed by atoms with Gasteiger partial charge in [-0.2, -0.15) is 10.2 Å². The number of hydrogen-bond acceptors (Lipinski definition) is 6. The molecule has 0 saturated carbocycles. The average molecular weight is 431 g/mol. The highest BCUT2D eigenvalue weighted by Gasteiger charge is 2.27. The monoisotopic (exact) mass is 430 g/mol. The number of anilines is 2. The van der Waals surface area contributed by atoms with E-state index in [1.54, 1.807) is 9.36 Å². The van der Waals surface area contributed by atoms with Crippen LogP contribution >= 0.6 is 0 Å². The Balaban J connectivity index is 1.50. The lowest BCUT2D eigenvalue weighted by atomic mass is 10.2. The number of piperazine rings is 1. The number of aromatic nitrogens is 4. The summed E-state index contributed by atoms with van der Waals surface area (Å²) in [4.78, 5) is 29.4. The molecular formula is C21H34N8O2.